The quantitative estimate of drug-likeness (QED) is 0.848. The van der Waals surface area contributed by atoms with Crippen molar-refractivity contribution < 1.29 is 13.2 Å². The molecule has 0 aliphatic carbocycles. The maximum atomic E-state index is 12.0. The molecule has 0 atom stereocenters. The van der Waals surface area contributed by atoms with Gasteiger partial charge in [0.25, 0.3) is 0 Å². The van der Waals surface area contributed by atoms with E-state index in [0.717, 1.165) is 15.4 Å². The van der Waals surface area contributed by atoms with Crippen LogP contribution in [0.2, 0.25) is 0 Å². The molecule has 0 unspecified atom stereocenters. The van der Waals surface area contributed by atoms with E-state index in [1.807, 2.05) is 31.2 Å². The van der Waals surface area contributed by atoms with Gasteiger partial charge in [0.15, 0.2) is 0 Å². The first-order chi connectivity index (χ1) is 11.3. The number of carbonyl (C=O) groups is 1. The van der Waals surface area contributed by atoms with E-state index in [4.69, 9.17) is 0 Å². The minimum Gasteiger partial charge on any atom is -0.323 e. The highest BCUT2D eigenvalue weighted by Gasteiger charge is 2.16. The van der Waals surface area contributed by atoms with E-state index in [1.165, 1.54) is 32.3 Å². The molecule has 126 valence electrons. The molecule has 0 heterocycles. The standard InChI is InChI=1S/C18H20N2O3S/c1-14-6-4-5-7-15(14)8-13-18(21)19-16-9-11-17(12-10-16)24(22,23)20(2)3/h4-13H,1-3H3,(H,19,21)/b13-8+. The molecular formula is C18H20N2O3S. The molecule has 2 rings (SSSR count). The first kappa shape index (κ1) is 17.9. The number of hydrogen-bond donors (Lipinski definition) is 1. The normalized spacial score (nSPS) is 11.8. The summed E-state index contributed by atoms with van der Waals surface area (Å²) in [7, 11) is -0.519. The second-order valence-corrected chi connectivity index (χ2v) is 7.64. The van der Waals surface area contributed by atoms with Crippen LogP contribution in [0.5, 0.6) is 0 Å². The van der Waals surface area contributed by atoms with Crippen molar-refractivity contribution in [2.45, 2.75) is 11.8 Å². The van der Waals surface area contributed by atoms with Crippen molar-refractivity contribution in [3.63, 3.8) is 0 Å². The van der Waals surface area contributed by atoms with E-state index >= 15 is 0 Å². The lowest BCUT2D eigenvalue weighted by atomic mass is 10.1. The molecule has 1 N–H and O–H groups in total. The zero-order valence-electron chi connectivity index (χ0n) is 13.9. The first-order valence-corrected chi connectivity index (χ1v) is 8.82. The van der Waals surface area contributed by atoms with Crippen LogP contribution in [0.3, 0.4) is 0 Å². The van der Waals surface area contributed by atoms with Crippen LogP contribution in [0, 0.1) is 6.92 Å². The Morgan fingerprint density at radius 2 is 1.67 bits per heavy atom. The zero-order valence-corrected chi connectivity index (χ0v) is 14.7. The van der Waals surface area contributed by atoms with Crippen LogP contribution in [-0.2, 0) is 14.8 Å². The number of benzene rings is 2. The number of hydrogen-bond acceptors (Lipinski definition) is 3. The lowest BCUT2D eigenvalue weighted by molar-refractivity contribution is -0.111. The fourth-order valence-corrected chi connectivity index (χ4v) is 2.95. The number of amides is 1. The molecule has 0 bridgehead atoms. The third kappa shape index (κ3) is 4.31. The van der Waals surface area contributed by atoms with Gasteiger partial charge in [-0.1, -0.05) is 24.3 Å². The Kier molecular flexibility index (Phi) is 5.54. The summed E-state index contributed by atoms with van der Waals surface area (Å²) in [5.41, 5.74) is 2.59. The van der Waals surface area contributed by atoms with E-state index < -0.39 is 10.0 Å². The summed E-state index contributed by atoms with van der Waals surface area (Å²) in [4.78, 5) is 12.1. The summed E-state index contributed by atoms with van der Waals surface area (Å²) < 4.78 is 25.1. The molecule has 5 nitrogen and oxygen atoms in total. The van der Waals surface area contributed by atoms with Crippen LogP contribution in [0.25, 0.3) is 6.08 Å². The van der Waals surface area contributed by atoms with E-state index in [1.54, 1.807) is 18.2 Å². The number of rotatable bonds is 5. The summed E-state index contributed by atoms with van der Waals surface area (Å²) in [6, 6.07) is 13.8. The van der Waals surface area contributed by atoms with Gasteiger partial charge < -0.3 is 5.32 Å². The van der Waals surface area contributed by atoms with Crippen molar-refractivity contribution in [2.24, 2.45) is 0 Å². The fraction of sp³-hybridized carbons (Fsp3) is 0.167. The average molecular weight is 344 g/mol. The Morgan fingerprint density at radius 1 is 1.04 bits per heavy atom. The highest BCUT2D eigenvalue weighted by molar-refractivity contribution is 7.89. The molecule has 0 saturated heterocycles. The van der Waals surface area contributed by atoms with Gasteiger partial charge >= 0.3 is 0 Å². The molecule has 0 radical (unpaired) electrons. The van der Waals surface area contributed by atoms with E-state index in [2.05, 4.69) is 5.32 Å². The predicted octanol–water partition coefficient (Wildman–Crippen LogP) is 2.90. The van der Waals surface area contributed by atoms with Gasteiger partial charge in [-0.2, -0.15) is 0 Å². The number of nitrogens with zero attached hydrogens (tertiary/aromatic N) is 1. The van der Waals surface area contributed by atoms with Gasteiger partial charge in [0, 0.05) is 25.9 Å². The molecule has 0 aliphatic heterocycles. The largest absolute Gasteiger partial charge is 0.323 e. The van der Waals surface area contributed by atoms with Crippen molar-refractivity contribution in [1.82, 2.24) is 4.31 Å². The summed E-state index contributed by atoms with van der Waals surface area (Å²) in [6.07, 6.45) is 3.20. The highest BCUT2D eigenvalue weighted by atomic mass is 32.2. The van der Waals surface area contributed by atoms with Gasteiger partial charge in [0.05, 0.1) is 4.90 Å². The van der Waals surface area contributed by atoms with Crippen LogP contribution >= 0.6 is 0 Å². The smallest absolute Gasteiger partial charge is 0.248 e. The van der Waals surface area contributed by atoms with Crippen molar-refractivity contribution in [2.75, 3.05) is 19.4 Å². The minimum atomic E-state index is -3.47. The van der Waals surface area contributed by atoms with E-state index in [0.29, 0.717) is 5.69 Å². The van der Waals surface area contributed by atoms with Crippen molar-refractivity contribution in [3.8, 4) is 0 Å². The average Bonchev–Trinajstić information content (AvgIpc) is 2.54. The zero-order chi connectivity index (χ0) is 17.7. The lowest BCUT2D eigenvalue weighted by Gasteiger charge is -2.11. The van der Waals surface area contributed by atoms with Gasteiger partial charge in [0.2, 0.25) is 15.9 Å². The minimum absolute atomic E-state index is 0.181. The number of aryl methyl sites for hydroxylation is 1. The monoisotopic (exact) mass is 344 g/mol. The number of nitrogens with one attached hydrogen (secondary N) is 1. The van der Waals surface area contributed by atoms with Crippen LogP contribution in [0.4, 0.5) is 5.69 Å². The number of anilines is 1. The molecule has 2 aromatic rings. The third-order valence-electron chi connectivity index (χ3n) is 3.50. The van der Waals surface area contributed by atoms with Crippen LogP contribution < -0.4 is 5.32 Å². The molecular weight excluding hydrogens is 324 g/mol. The summed E-state index contributed by atoms with van der Waals surface area (Å²) in [5, 5.41) is 2.71. The Bertz CT molecular complexity index is 854. The number of sulfonamides is 1. The van der Waals surface area contributed by atoms with Gasteiger partial charge in [0.1, 0.15) is 0 Å². The lowest BCUT2D eigenvalue weighted by Crippen LogP contribution is -2.22. The fourth-order valence-electron chi connectivity index (χ4n) is 2.04. The van der Waals surface area contributed by atoms with Crippen molar-refractivity contribution in [1.29, 1.82) is 0 Å². The second kappa shape index (κ2) is 7.42. The molecule has 0 saturated carbocycles. The third-order valence-corrected chi connectivity index (χ3v) is 5.33. The second-order valence-electron chi connectivity index (χ2n) is 5.49. The van der Waals surface area contributed by atoms with Crippen LogP contribution in [0.1, 0.15) is 11.1 Å². The Balaban J connectivity index is 2.06. The molecule has 24 heavy (non-hydrogen) atoms. The molecule has 0 aliphatic rings. The van der Waals surface area contributed by atoms with Crippen molar-refractivity contribution in [3.05, 3.63) is 65.7 Å². The Hall–Kier alpha value is -2.44. The Morgan fingerprint density at radius 3 is 2.25 bits per heavy atom. The maximum Gasteiger partial charge on any atom is 0.248 e. The predicted molar refractivity (Wildman–Crippen MR) is 96.2 cm³/mol. The van der Waals surface area contributed by atoms with Crippen LogP contribution in [0.15, 0.2) is 59.5 Å². The SMILES string of the molecule is Cc1ccccc1/C=C/C(=O)Nc1ccc(S(=O)(=O)N(C)C)cc1. The van der Waals surface area contributed by atoms with Crippen molar-refractivity contribution >= 4 is 27.7 Å². The molecule has 0 fully saturated rings. The van der Waals surface area contributed by atoms with Gasteiger partial charge in [-0.15, -0.1) is 0 Å². The Labute approximate surface area is 142 Å². The molecule has 2 aromatic carbocycles. The van der Waals surface area contributed by atoms with E-state index in [9.17, 15) is 13.2 Å². The van der Waals surface area contributed by atoms with Gasteiger partial charge in [-0.3, -0.25) is 4.79 Å². The van der Waals surface area contributed by atoms with Gasteiger partial charge in [-0.05, 0) is 48.4 Å². The summed E-state index contributed by atoms with van der Waals surface area (Å²) >= 11 is 0. The maximum absolute atomic E-state index is 12.0. The number of carbonyl (C=O) groups excluding carboxylic acids is 1. The topological polar surface area (TPSA) is 66.5 Å². The molecule has 1 amide bonds. The van der Waals surface area contributed by atoms with E-state index in [-0.39, 0.29) is 10.8 Å². The molecule has 0 spiro atoms. The molecule has 6 heteroatoms. The summed E-state index contributed by atoms with van der Waals surface area (Å²) in [6.45, 7) is 1.97. The first-order valence-electron chi connectivity index (χ1n) is 7.38. The van der Waals surface area contributed by atoms with Crippen LogP contribution in [-0.4, -0.2) is 32.7 Å². The molecule has 0 aromatic heterocycles. The van der Waals surface area contributed by atoms with Gasteiger partial charge in [-0.25, -0.2) is 12.7 Å². The highest BCUT2D eigenvalue weighted by Crippen LogP contribution is 2.16. The summed E-state index contributed by atoms with van der Waals surface area (Å²) in [5.74, 6) is -0.276.